The van der Waals surface area contributed by atoms with Gasteiger partial charge in [-0.05, 0) is 20.8 Å². The highest BCUT2D eigenvalue weighted by Crippen LogP contribution is 2.08. The summed E-state index contributed by atoms with van der Waals surface area (Å²) in [5.74, 6) is 0.249. The molecule has 0 aliphatic heterocycles. The molecule has 0 heterocycles. The largest absolute Gasteiger partial charge is 0.396 e. The van der Waals surface area contributed by atoms with Gasteiger partial charge < -0.3 is 9.84 Å². The summed E-state index contributed by atoms with van der Waals surface area (Å²) < 4.78 is 5.42. The molecule has 0 aromatic carbocycles. The number of aliphatic hydroxyl groups excluding tert-OH is 1. The van der Waals surface area contributed by atoms with Crippen LogP contribution in [0.3, 0.4) is 0 Å². The summed E-state index contributed by atoms with van der Waals surface area (Å²) in [5.41, 5.74) is -0.0799. The van der Waals surface area contributed by atoms with Gasteiger partial charge in [0.05, 0.1) is 12.2 Å². The van der Waals surface area contributed by atoms with Crippen LogP contribution >= 0.6 is 0 Å². The van der Waals surface area contributed by atoms with E-state index in [-0.39, 0.29) is 18.1 Å². The Bertz CT molecular complexity index is 83.7. The smallest absolute Gasteiger partial charge is 0.0598 e. The third kappa shape index (κ3) is 6.05. The van der Waals surface area contributed by atoms with Crippen LogP contribution in [0.25, 0.3) is 0 Å². The molecule has 0 spiro atoms. The minimum atomic E-state index is -0.0799. The zero-order valence-corrected chi connectivity index (χ0v) is 7.35. The van der Waals surface area contributed by atoms with E-state index in [4.69, 9.17) is 9.84 Å². The first-order chi connectivity index (χ1) is 4.45. The molecule has 1 atom stereocenters. The van der Waals surface area contributed by atoms with Crippen LogP contribution in [-0.4, -0.2) is 23.9 Å². The van der Waals surface area contributed by atoms with Crippen molar-refractivity contribution in [3.63, 3.8) is 0 Å². The summed E-state index contributed by atoms with van der Waals surface area (Å²) in [6, 6.07) is 0. The van der Waals surface area contributed by atoms with Crippen molar-refractivity contribution in [2.24, 2.45) is 5.92 Å². The van der Waals surface area contributed by atoms with Gasteiger partial charge >= 0.3 is 0 Å². The maximum absolute atomic E-state index is 8.65. The van der Waals surface area contributed by atoms with Crippen LogP contribution in [0.1, 0.15) is 27.7 Å². The molecule has 0 rings (SSSR count). The van der Waals surface area contributed by atoms with Gasteiger partial charge in [-0.3, -0.25) is 0 Å². The van der Waals surface area contributed by atoms with Crippen LogP contribution < -0.4 is 0 Å². The summed E-state index contributed by atoms with van der Waals surface area (Å²) >= 11 is 0. The van der Waals surface area contributed by atoms with E-state index in [0.29, 0.717) is 6.61 Å². The fraction of sp³-hybridized carbons (Fsp3) is 1.00. The van der Waals surface area contributed by atoms with Gasteiger partial charge in [-0.15, -0.1) is 0 Å². The highest BCUT2D eigenvalue weighted by Gasteiger charge is 2.11. The molecule has 0 unspecified atom stereocenters. The van der Waals surface area contributed by atoms with Crippen molar-refractivity contribution in [2.45, 2.75) is 33.3 Å². The van der Waals surface area contributed by atoms with Crippen molar-refractivity contribution in [3.8, 4) is 0 Å². The summed E-state index contributed by atoms with van der Waals surface area (Å²) in [5, 5.41) is 8.65. The summed E-state index contributed by atoms with van der Waals surface area (Å²) in [6.45, 7) is 8.84. The highest BCUT2D eigenvalue weighted by molar-refractivity contribution is 4.60. The van der Waals surface area contributed by atoms with Gasteiger partial charge in [0.15, 0.2) is 0 Å². The fourth-order valence-corrected chi connectivity index (χ4v) is 0.445. The Morgan fingerprint density at radius 1 is 1.40 bits per heavy atom. The lowest BCUT2D eigenvalue weighted by Crippen LogP contribution is -2.23. The quantitative estimate of drug-likeness (QED) is 0.652. The molecule has 0 aliphatic rings. The van der Waals surface area contributed by atoms with Crippen molar-refractivity contribution in [1.29, 1.82) is 0 Å². The Morgan fingerprint density at radius 3 is 2.20 bits per heavy atom. The van der Waals surface area contributed by atoms with E-state index in [0.717, 1.165) is 0 Å². The highest BCUT2D eigenvalue weighted by atomic mass is 16.5. The maximum atomic E-state index is 8.65. The lowest BCUT2D eigenvalue weighted by molar-refractivity contribution is -0.0274. The number of rotatable bonds is 3. The molecule has 62 valence electrons. The Balaban J connectivity index is 3.36. The molecular formula is C8H18O2. The number of ether oxygens (including phenoxy) is 1. The second kappa shape index (κ2) is 3.94. The fourth-order valence-electron chi connectivity index (χ4n) is 0.445. The molecule has 0 saturated carbocycles. The molecule has 0 radical (unpaired) electrons. The van der Waals surface area contributed by atoms with E-state index in [1.54, 1.807) is 0 Å². The topological polar surface area (TPSA) is 29.5 Å². The second-order valence-electron chi connectivity index (χ2n) is 3.71. The zero-order valence-electron chi connectivity index (χ0n) is 7.35. The third-order valence-corrected chi connectivity index (χ3v) is 1.11. The molecule has 0 aromatic rings. The van der Waals surface area contributed by atoms with E-state index >= 15 is 0 Å². The predicted molar refractivity (Wildman–Crippen MR) is 42.0 cm³/mol. The number of hydrogen-bond donors (Lipinski definition) is 1. The van der Waals surface area contributed by atoms with E-state index in [9.17, 15) is 0 Å². The van der Waals surface area contributed by atoms with Crippen molar-refractivity contribution >= 4 is 0 Å². The Kier molecular flexibility index (Phi) is 3.91. The molecule has 0 amide bonds. The molecule has 0 fully saturated rings. The van der Waals surface area contributed by atoms with Crippen molar-refractivity contribution in [3.05, 3.63) is 0 Å². The van der Waals surface area contributed by atoms with E-state index in [2.05, 4.69) is 0 Å². The molecule has 0 aromatic heterocycles. The summed E-state index contributed by atoms with van der Waals surface area (Å²) in [7, 11) is 0. The van der Waals surface area contributed by atoms with E-state index in [1.165, 1.54) is 0 Å². The summed E-state index contributed by atoms with van der Waals surface area (Å²) in [4.78, 5) is 0. The molecule has 0 bridgehead atoms. The minimum absolute atomic E-state index is 0.0799. The normalized spacial score (nSPS) is 15.3. The van der Waals surface area contributed by atoms with Crippen molar-refractivity contribution < 1.29 is 9.84 Å². The molecule has 0 aliphatic carbocycles. The average molecular weight is 146 g/mol. The van der Waals surface area contributed by atoms with Crippen LogP contribution in [-0.2, 0) is 4.74 Å². The van der Waals surface area contributed by atoms with Gasteiger partial charge in [0.1, 0.15) is 0 Å². The van der Waals surface area contributed by atoms with Gasteiger partial charge in [0.25, 0.3) is 0 Å². The summed E-state index contributed by atoms with van der Waals surface area (Å²) in [6.07, 6.45) is 0. The molecule has 2 heteroatoms. The van der Waals surface area contributed by atoms with Crippen LogP contribution in [0.15, 0.2) is 0 Å². The first-order valence-corrected chi connectivity index (χ1v) is 3.70. The molecule has 0 saturated heterocycles. The Hall–Kier alpha value is -0.0800. The Labute approximate surface area is 63.2 Å². The van der Waals surface area contributed by atoms with Crippen LogP contribution in [0.5, 0.6) is 0 Å². The minimum Gasteiger partial charge on any atom is -0.396 e. The molecule has 1 N–H and O–H groups in total. The second-order valence-corrected chi connectivity index (χ2v) is 3.71. The standard InChI is InChI=1S/C8H18O2/c1-7(5-9)6-10-8(2,3)4/h7,9H,5-6H2,1-4H3/t7-/m0/s1. The van der Waals surface area contributed by atoms with Crippen LogP contribution in [0.4, 0.5) is 0 Å². The first-order valence-electron chi connectivity index (χ1n) is 3.70. The van der Waals surface area contributed by atoms with Gasteiger partial charge in [0.2, 0.25) is 0 Å². The molecule has 10 heavy (non-hydrogen) atoms. The van der Waals surface area contributed by atoms with Crippen molar-refractivity contribution in [2.75, 3.05) is 13.2 Å². The van der Waals surface area contributed by atoms with E-state index in [1.807, 2.05) is 27.7 Å². The van der Waals surface area contributed by atoms with Gasteiger partial charge in [0, 0.05) is 12.5 Å². The molecule has 2 nitrogen and oxygen atoms in total. The lowest BCUT2D eigenvalue weighted by atomic mass is 10.1. The van der Waals surface area contributed by atoms with Crippen LogP contribution in [0, 0.1) is 5.92 Å². The number of aliphatic hydroxyl groups is 1. The first kappa shape index (κ1) is 9.92. The van der Waals surface area contributed by atoms with Gasteiger partial charge in [-0.2, -0.15) is 0 Å². The zero-order chi connectivity index (χ0) is 8.20. The Morgan fingerprint density at radius 2 is 1.90 bits per heavy atom. The number of hydrogen-bond acceptors (Lipinski definition) is 2. The van der Waals surface area contributed by atoms with Crippen molar-refractivity contribution in [1.82, 2.24) is 0 Å². The monoisotopic (exact) mass is 146 g/mol. The third-order valence-electron chi connectivity index (χ3n) is 1.11. The average Bonchev–Trinajstić information content (AvgIpc) is 1.81. The molecular weight excluding hydrogens is 128 g/mol. The van der Waals surface area contributed by atoms with Crippen LogP contribution in [0.2, 0.25) is 0 Å². The SMILES string of the molecule is C[C@@H](CO)COC(C)(C)C. The van der Waals surface area contributed by atoms with Gasteiger partial charge in [-0.25, -0.2) is 0 Å². The van der Waals surface area contributed by atoms with E-state index < -0.39 is 0 Å². The lowest BCUT2D eigenvalue weighted by Gasteiger charge is -2.21. The maximum Gasteiger partial charge on any atom is 0.0598 e. The van der Waals surface area contributed by atoms with Gasteiger partial charge in [-0.1, -0.05) is 6.92 Å². The predicted octanol–water partition coefficient (Wildman–Crippen LogP) is 1.43.